The van der Waals surface area contributed by atoms with Gasteiger partial charge in [-0.1, -0.05) is 0 Å². The summed E-state index contributed by atoms with van der Waals surface area (Å²) in [5.41, 5.74) is 3.16. The van der Waals surface area contributed by atoms with Crippen LogP contribution in [0.1, 0.15) is 45.4 Å². The maximum absolute atomic E-state index is 12.8. The van der Waals surface area contributed by atoms with Crippen molar-refractivity contribution in [3.05, 3.63) is 0 Å². The van der Waals surface area contributed by atoms with Crippen LogP contribution in [0.4, 0.5) is 4.79 Å². The van der Waals surface area contributed by atoms with Gasteiger partial charge < -0.3 is 9.80 Å². The van der Waals surface area contributed by atoms with Crippen LogP contribution in [0, 0.1) is 0 Å². The quantitative estimate of drug-likeness (QED) is 0.712. The van der Waals surface area contributed by atoms with Crippen LogP contribution in [0.3, 0.4) is 0 Å². The molecule has 0 radical (unpaired) electrons. The van der Waals surface area contributed by atoms with Crippen molar-refractivity contribution >= 4 is 16.1 Å². The van der Waals surface area contributed by atoms with Crippen LogP contribution >= 0.6 is 0 Å². The molecule has 0 aromatic heterocycles. The van der Waals surface area contributed by atoms with Crippen LogP contribution in [-0.4, -0.2) is 85.4 Å². The van der Waals surface area contributed by atoms with E-state index in [0.717, 1.165) is 32.2 Å². The first-order valence-corrected chi connectivity index (χ1v) is 11.3. The van der Waals surface area contributed by atoms with Crippen molar-refractivity contribution in [2.24, 2.45) is 0 Å². The number of sulfonamides is 1. The van der Waals surface area contributed by atoms with Crippen LogP contribution in [0.2, 0.25) is 0 Å². The highest BCUT2D eigenvalue weighted by Crippen LogP contribution is 2.39. The Balaban J connectivity index is 1.43. The molecule has 9 heteroatoms. The highest BCUT2D eigenvalue weighted by molar-refractivity contribution is 7.90. The van der Waals surface area contributed by atoms with Crippen LogP contribution < -0.4 is 10.1 Å². The topological polar surface area (TPSA) is 85.0 Å². The Hall–Kier alpha value is -0.900. The monoisotopic (exact) mass is 385 g/mol. The number of amides is 2. The number of nitrogens with zero attached hydrogens (tertiary/aromatic N) is 3. The number of hydrogen-bond acceptors (Lipinski definition) is 5. The molecule has 0 spiro atoms. The summed E-state index contributed by atoms with van der Waals surface area (Å²) in [6, 6.07) is 0.442. The molecule has 4 aliphatic rings. The average molecular weight is 386 g/mol. The van der Waals surface area contributed by atoms with Crippen LogP contribution in [0.5, 0.6) is 0 Å². The number of hydrazine groups is 1. The van der Waals surface area contributed by atoms with E-state index in [4.69, 9.17) is 0 Å². The van der Waals surface area contributed by atoms with Gasteiger partial charge in [-0.3, -0.25) is 5.43 Å². The van der Waals surface area contributed by atoms with Crippen molar-refractivity contribution < 1.29 is 13.2 Å². The molecule has 2 aliphatic carbocycles. The molecule has 0 bridgehead atoms. The summed E-state index contributed by atoms with van der Waals surface area (Å²) in [7, 11) is 0.506. The van der Waals surface area contributed by atoms with E-state index in [-0.39, 0.29) is 29.7 Å². The lowest BCUT2D eigenvalue weighted by Gasteiger charge is -2.36. The number of rotatable bonds is 5. The number of urea groups is 1. The van der Waals surface area contributed by atoms with Crippen LogP contribution in [0.15, 0.2) is 0 Å². The molecule has 26 heavy (non-hydrogen) atoms. The van der Waals surface area contributed by atoms with Gasteiger partial charge in [-0.15, -0.1) is 0 Å². The Bertz CT molecular complexity index is 680. The van der Waals surface area contributed by atoms with Gasteiger partial charge in [-0.25, -0.2) is 22.9 Å². The molecule has 4 atom stereocenters. The van der Waals surface area contributed by atoms with Gasteiger partial charge in [0, 0.05) is 38.8 Å². The van der Waals surface area contributed by atoms with E-state index < -0.39 is 15.3 Å². The lowest BCUT2D eigenvalue weighted by atomic mass is 9.89. The molecule has 2 amide bonds. The fraction of sp³-hybridized carbons (Fsp3) is 0.941. The molecule has 2 heterocycles. The minimum Gasteiger partial charge on any atom is -0.323 e. The predicted molar refractivity (Wildman–Crippen MR) is 98.9 cm³/mol. The van der Waals surface area contributed by atoms with E-state index in [0.29, 0.717) is 19.4 Å². The zero-order valence-electron chi connectivity index (χ0n) is 15.9. The Morgan fingerprint density at radius 1 is 1.19 bits per heavy atom. The van der Waals surface area contributed by atoms with E-state index in [1.54, 1.807) is 4.90 Å². The number of nitrogens with one attached hydrogen (secondary N) is 2. The zero-order chi connectivity index (χ0) is 18.7. The second-order valence-corrected chi connectivity index (χ2v) is 10.8. The second-order valence-electron chi connectivity index (χ2n) is 8.86. The molecule has 2 saturated carbocycles. The number of fused-ring (bicyclic) bond motifs is 1. The maximum atomic E-state index is 12.8. The molecule has 2 N–H and O–H groups in total. The third-order valence-corrected chi connectivity index (χ3v) is 8.72. The average Bonchev–Trinajstić information content (AvgIpc) is 3.06. The van der Waals surface area contributed by atoms with Crippen LogP contribution in [0.25, 0.3) is 0 Å². The van der Waals surface area contributed by atoms with E-state index >= 15 is 0 Å². The highest BCUT2D eigenvalue weighted by Gasteiger charge is 2.51. The summed E-state index contributed by atoms with van der Waals surface area (Å²) in [6.45, 7) is 3.65. The summed E-state index contributed by atoms with van der Waals surface area (Å²) < 4.78 is 28.4. The van der Waals surface area contributed by atoms with Gasteiger partial charge in [0.05, 0.1) is 17.3 Å². The van der Waals surface area contributed by atoms with Gasteiger partial charge in [-0.2, -0.15) is 0 Å². The fourth-order valence-corrected chi connectivity index (χ4v) is 6.69. The fourth-order valence-electron chi connectivity index (χ4n) is 4.73. The largest absolute Gasteiger partial charge is 0.323 e. The van der Waals surface area contributed by atoms with E-state index in [1.807, 2.05) is 25.9 Å². The smallest absolute Gasteiger partial charge is 0.320 e. The number of hydrogen-bond donors (Lipinski definition) is 2. The lowest BCUT2D eigenvalue weighted by Crippen LogP contribution is -2.50. The van der Waals surface area contributed by atoms with Crippen molar-refractivity contribution in [3.63, 3.8) is 0 Å². The van der Waals surface area contributed by atoms with E-state index in [1.165, 1.54) is 0 Å². The Labute approximate surface area is 156 Å². The molecular formula is C17H31N5O3S. The summed E-state index contributed by atoms with van der Waals surface area (Å²) in [4.78, 5) is 16.5. The van der Waals surface area contributed by atoms with Crippen LogP contribution in [-0.2, 0) is 10.0 Å². The van der Waals surface area contributed by atoms with Crippen molar-refractivity contribution in [2.45, 2.75) is 74.4 Å². The first kappa shape index (κ1) is 18.5. The van der Waals surface area contributed by atoms with Gasteiger partial charge in [0.15, 0.2) is 0 Å². The lowest BCUT2D eigenvalue weighted by molar-refractivity contribution is 0.174. The molecule has 8 nitrogen and oxygen atoms in total. The van der Waals surface area contributed by atoms with Crippen molar-refractivity contribution in [1.29, 1.82) is 0 Å². The van der Waals surface area contributed by atoms with E-state index in [9.17, 15) is 13.2 Å². The number of likely N-dealkylation sites (N-methyl/N-ethyl adjacent to an activating group) is 1. The molecule has 4 rings (SSSR count). The summed E-state index contributed by atoms with van der Waals surface area (Å²) in [5, 5.41) is 1.67. The summed E-state index contributed by atoms with van der Waals surface area (Å²) in [6.07, 6.45) is 4.78. The molecule has 4 unspecified atom stereocenters. The van der Waals surface area contributed by atoms with E-state index in [2.05, 4.69) is 15.2 Å². The van der Waals surface area contributed by atoms with Crippen molar-refractivity contribution in [2.75, 3.05) is 27.2 Å². The molecule has 148 valence electrons. The Morgan fingerprint density at radius 2 is 1.92 bits per heavy atom. The number of carbonyl (C=O) groups excluding carboxylic acids is 1. The predicted octanol–water partition coefficient (Wildman–Crippen LogP) is 0.324. The van der Waals surface area contributed by atoms with Gasteiger partial charge in [0.1, 0.15) is 0 Å². The SMILES string of the molecule is CN1CCC(CN2C(=O)N(C)C3CC(S(=O)(=O)NC4(C)CC4)CCC32)N1. The number of carbonyl (C=O) groups is 1. The third kappa shape index (κ3) is 3.34. The first-order chi connectivity index (χ1) is 12.2. The minimum absolute atomic E-state index is 0.0102. The third-order valence-electron chi connectivity index (χ3n) is 6.64. The minimum atomic E-state index is -3.33. The molecule has 4 fully saturated rings. The molecular weight excluding hydrogens is 354 g/mol. The first-order valence-electron chi connectivity index (χ1n) is 9.72. The molecule has 0 aromatic carbocycles. The zero-order valence-corrected chi connectivity index (χ0v) is 16.8. The summed E-state index contributed by atoms with van der Waals surface area (Å²) in [5.74, 6) is 0. The second kappa shape index (κ2) is 6.32. The van der Waals surface area contributed by atoms with Gasteiger partial charge >= 0.3 is 6.03 Å². The maximum Gasteiger partial charge on any atom is 0.320 e. The molecule has 0 aromatic rings. The summed E-state index contributed by atoms with van der Waals surface area (Å²) >= 11 is 0. The van der Waals surface area contributed by atoms with Gasteiger partial charge in [0.2, 0.25) is 10.0 Å². The standard InChI is InChI=1S/C17H31N5O3S/c1-17(7-8-17)19-26(24,25)13-4-5-14-15(10-13)21(3)16(23)22(14)11-12-6-9-20(2)18-12/h12-15,18-19H,4-11H2,1-3H3. The Kier molecular flexibility index (Phi) is 4.49. The van der Waals surface area contributed by atoms with Crippen molar-refractivity contribution in [1.82, 2.24) is 25.0 Å². The Morgan fingerprint density at radius 3 is 2.54 bits per heavy atom. The molecule has 2 aliphatic heterocycles. The van der Waals surface area contributed by atoms with Gasteiger partial charge in [0.25, 0.3) is 0 Å². The van der Waals surface area contributed by atoms with Gasteiger partial charge in [-0.05, 0) is 45.4 Å². The normalized spacial score (nSPS) is 37.3. The highest BCUT2D eigenvalue weighted by atomic mass is 32.2. The molecule has 2 saturated heterocycles. The van der Waals surface area contributed by atoms with Crippen molar-refractivity contribution in [3.8, 4) is 0 Å².